The molecule has 0 radical (unpaired) electrons. The number of sulfone groups is 1. The summed E-state index contributed by atoms with van der Waals surface area (Å²) in [6, 6.07) is 3.04. The number of carboxylic acid groups (broad SMARTS) is 1. The second kappa shape index (κ2) is 6.02. The predicted octanol–water partition coefficient (Wildman–Crippen LogP) is 1.31. The lowest BCUT2D eigenvalue weighted by Gasteiger charge is -2.03. The summed E-state index contributed by atoms with van der Waals surface area (Å²) in [5.74, 6) is -0.386. The maximum absolute atomic E-state index is 10.9. The number of aromatic nitrogens is 1. The van der Waals surface area contributed by atoms with Gasteiger partial charge >= 0.3 is 5.97 Å². The number of nitrogens with zero attached hydrogens (tertiary/aromatic N) is 1. The molecule has 0 aliphatic heterocycles. The van der Waals surface area contributed by atoms with E-state index in [-0.39, 0.29) is 11.3 Å². The van der Waals surface area contributed by atoms with Crippen LogP contribution in [-0.2, 0) is 9.84 Å². The highest BCUT2D eigenvalue weighted by molar-refractivity contribution is 7.99. The normalized spacial score (nSPS) is 11.4. The number of pyridine rings is 1. The molecule has 0 saturated carbocycles. The van der Waals surface area contributed by atoms with Gasteiger partial charge < -0.3 is 5.11 Å². The fraction of sp³-hybridized carbons (Fsp3) is 0.400. The van der Waals surface area contributed by atoms with Gasteiger partial charge in [-0.1, -0.05) is 0 Å². The van der Waals surface area contributed by atoms with Gasteiger partial charge in [0, 0.05) is 18.2 Å². The minimum Gasteiger partial charge on any atom is -0.478 e. The maximum atomic E-state index is 10.9. The molecular formula is C10H13NO4S2. The topological polar surface area (TPSA) is 84.3 Å². The van der Waals surface area contributed by atoms with Gasteiger partial charge in [-0.3, -0.25) is 0 Å². The number of carboxylic acids is 1. The summed E-state index contributed by atoms with van der Waals surface area (Å²) in [6.45, 7) is 0. The lowest BCUT2D eigenvalue weighted by Crippen LogP contribution is -2.04. The van der Waals surface area contributed by atoms with E-state index in [1.165, 1.54) is 30.3 Å². The van der Waals surface area contributed by atoms with Crippen molar-refractivity contribution in [3.05, 3.63) is 23.9 Å². The molecule has 1 rings (SSSR count). The Morgan fingerprint density at radius 2 is 2.24 bits per heavy atom. The Bertz CT molecular complexity index is 499. The van der Waals surface area contributed by atoms with Crippen LogP contribution in [0.2, 0.25) is 0 Å². The molecule has 17 heavy (non-hydrogen) atoms. The van der Waals surface area contributed by atoms with Crippen LogP contribution in [-0.4, -0.2) is 42.2 Å². The number of rotatable bonds is 6. The number of hydrogen-bond acceptors (Lipinski definition) is 5. The van der Waals surface area contributed by atoms with E-state index in [4.69, 9.17) is 5.11 Å². The molecule has 1 N–H and O–H groups in total. The Morgan fingerprint density at radius 3 is 2.82 bits per heavy atom. The molecule has 5 nitrogen and oxygen atoms in total. The number of hydrogen-bond donors (Lipinski definition) is 1. The highest BCUT2D eigenvalue weighted by atomic mass is 32.2. The molecular weight excluding hydrogens is 262 g/mol. The molecule has 1 aromatic heterocycles. The van der Waals surface area contributed by atoms with Crippen LogP contribution >= 0.6 is 11.8 Å². The first-order valence-electron chi connectivity index (χ1n) is 4.89. The average molecular weight is 275 g/mol. The summed E-state index contributed by atoms with van der Waals surface area (Å²) < 4.78 is 21.8. The number of carbonyl (C=O) groups is 1. The van der Waals surface area contributed by atoms with Gasteiger partial charge in [0.15, 0.2) is 0 Å². The van der Waals surface area contributed by atoms with E-state index in [1.807, 2.05) is 0 Å². The Hall–Kier alpha value is -1.08. The fourth-order valence-electron chi connectivity index (χ4n) is 1.16. The monoisotopic (exact) mass is 275 g/mol. The van der Waals surface area contributed by atoms with Crippen molar-refractivity contribution in [3.63, 3.8) is 0 Å². The van der Waals surface area contributed by atoms with Crippen molar-refractivity contribution in [1.82, 2.24) is 4.98 Å². The van der Waals surface area contributed by atoms with Crippen LogP contribution < -0.4 is 0 Å². The van der Waals surface area contributed by atoms with Gasteiger partial charge in [-0.15, -0.1) is 11.8 Å². The third kappa shape index (κ3) is 5.18. The lowest BCUT2D eigenvalue weighted by atomic mass is 10.3. The zero-order chi connectivity index (χ0) is 12.9. The SMILES string of the molecule is CS(=O)(=O)CCCSc1ncccc1C(=O)O. The standard InChI is InChI=1S/C10H13NO4S2/c1-17(14,15)7-3-6-16-9-8(10(12)13)4-2-5-11-9/h2,4-5H,3,6-7H2,1H3,(H,12,13). The molecule has 0 amide bonds. The van der Waals surface area contributed by atoms with Crippen molar-refractivity contribution < 1.29 is 18.3 Å². The van der Waals surface area contributed by atoms with Crippen LogP contribution in [0.1, 0.15) is 16.8 Å². The molecule has 0 bridgehead atoms. The summed E-state index contributed by atoms with van der Waals surface area (Å²) in [7, 11) is -2.96. The fourth-order valence-corrected chi connectivity index (χ4v) is 2.94. The van der Waals surface area contributed by atoms with Crippen molar-refractivity contribution in [1.29, 1.82) is 0 Å². The Labute approximate surface area is 104 Å². The predicted molar refractivity (Wildman–Crippen MR) is 66.2 cm³/mol. The van der Waals surface area contributed by atoms with Crippen molar-refractivity contribution in [2.24, 2.45) is 0 Å². The van der Waals surface area contributed by atoms with E-state index in [1.54, 1.807) is 6.07 Å². The highest BCUT2D eigenvalue weighted by Crippen LogP contribution is 2.20. The van der Waals surface area contributed by atoms with Crippen LogP contribution in [0.3, 0.4) is 0 Å². The van der Waals surface area contributed by atoms with E-state index in [0.717, 1.165) is 0 Å². The highest BCUT2D eigenvalue weighted by Gasteiger charge is 2.11. The van der Waals surface area contributed by atoms with E-state index >= 15 is 0 Å². The Morgan fingerprint density at radius 1 is 1.53 bits per heavy atom. The molecule has 94 valence electrons. The molecule has 0 aromatic carbocycles. The van der Waals surface area contributed by atoms with E-state index < -0.39 is 15.8 Å². The summed E-state index contributed by atoms with van der Waals surface area (Å²) in [6.07, 6.45) is 3.19. The molecule has 0 aliphatic rings. The second-order valence-electron chi connectivity index (χ2n) is 3.49. The molecule has 7 heteroatoms. The molecule has 0 fully saturated rings. The van der Waals surface area contributed by atoms with Gasteiger partial charge in [0.2, 0.25) is 0 Å². The van der Waals surface area contributed by atoms with Crippen molar-refractivity contribution in [2.45, 2.75) is 11.4 Å². The van der Waals surface area contributed by atoms with Crippen LogP contribution in [0.5, 0.6) is 0 Å². The quantitative estimate of drug-likeness (QED) is 0.622. The molecule has 1 aromatic rings. The summed E-state index contributed by atoms with van der Waals surface area (Å²) in [4.78, 5) is 14.8. The minimum atomic E-state index is -2.96. The van der Waals surface area contributed by atoms with Gasteiger partial charge in [0.1, 0.15) is 14.9 Å². The zero-order valence-electron chi connectivity index (χ0n) is 9.29. The van der Waals surface area contributed by atoms with Gasteiger partial charge in [0.05, 0.1) is 11.3 Å². The Balaban J connectivity index is 2.55. The minimum absolute atomic E-state index is 0.106. The summed E-state index contributed by atoms with van der Waals surface area (Å²) >= 11 is 1.26. The van der Waals surface area contributed by atoms with Crippen LogP contribution in [0.4, 0.5) is 0 Å². The van der Waals surface area contributed by atoms with Gasteiger partial charge in [-0.2, -0.15) is 0 Å². The van der Waals surface area contributed by atoms with Crippen molar-refractivity contribution in [3.8, 4) is 0 Å². The van der Waals surface area contributed by atoms with Crippen LogP contribution in [0, 0.1) is 0 Å². The van der Waals surface area contributed by atoms with E-state index in [9.17, 15) is 13.2 Å². The number of thioether (sulfide) groups is 1. The summed E-state index contributed by atoms with van der Waals surface area (Å²) in [5.41, 5.74) is 0.150. The van der Waals surface area contributed by atoms with Gasteiger partial charge in [0.25, 0.3) is 0 Å². The third-order valence-electron chi connectivity index (χ3n) is 1.90. The van der Waals surface area contributed by atoms with Gasteiger partial charge in [-0.05, 0) is 18.6 Å². The second-order valence-corrected chi connectivity index (χ2v) is 6.84. The number of aromatic carboxylic acids is 1. The van der Waals surface area contributed by atoms with Crippen molar-refractivity contribution in [2.75, 3.05) is 17.8 Å². The Kier molecular flexibility index (Phi) is 4.95. The smallest absolute Gasteiger partial charge is 0.338 e. The van der Waals surface area contributed by atoms with E-state index in [2.05, 4.69) is 4.98 Å². The molecule has 1 heterocycles. The van der Waals surface area contributed by atoms with Gasteiger partial charge in [-0.25, -0.2) is 18.2 Å². The molecule has 0 unspecified atom stereocenters. The van der Waals surface area contributed by atoms with E-state index in [0.29, 0.717) is 17.2 Å². The first-order valence-corrected chi connectivity index (χ1v) is 7.93. The third-order valence-corrected chi connectivity index (χ3v) is 4.02. The first-order chi connectivity index (χ1) is 7.90. The largest absolute Gasteiger partial charge is 0.478 e. The molecule has 0 aliphatic carbocycles. The average Bonchev–Trinajstić information content (AvgIpc) is 2.23. The lowest BCUT2D eigenvalue weighted by molar-refractivity contribution is 0.0692. The molecule has 0 spiro atoms. The van der Waals surface area contributed by atoms with Crippen LogP contribution in [0.15, 0.2) is 23.4 Å². The maximum Gasteiger partial charge on any atom is 0.338 e. The molecule has 0 atom stereocenters. The van der Waals surface area contributed by atoms with Crippen LogP contribution in [0.25, 0.3) is 0 Å². The molecule has 0 saturated heterocycles. The summed E-state index contributed by atoms with van der Waals surface area (Å²) in [5, 5.41) is 9.33. The van der Waals surface area contributed by atoms with Crippen molar-refractivity contribution >= 4 is 27.6 Å². The first kappa shape index (κ1) is 14.0. The zero-order valence-corrected chi connectivity index (χ0v) is 10.9.